The van der Waals surface area contributed by atoms with Crippen LogP contribution in [0, 0.1) is 11.8 Å². The van der Waals surface area contributed by atoms with E-state index in [0.29, 0.717) is 30.6 Å². The van der Waals surface area contributed by atoms with Crippen LogP contribution in [0.3, 0.4) is 0 Å². The van der Waals surface area contributed by atoms with Crippen LogP contribution in [0.15, 0.2) is 24.3 Å². The van der Waals surface area contributed by atoms with Crippen molar-refractivity contribution < 1.29 is 19.5 Å². The lowest BCUT2D eigenvalue weighted by Gasteiger charge is -2.31. The number of carbonyl (C=O) groups is 3. The number of anilines is 1. The number of aliphatic carboxylic acids is 1. The molecule has 2 atom stereocenters. The molecule has 2 amide bonds. The first-order valence-corrected chi connectivity index (χ1v) is 7.45. The first-order chi connectivity index (χ1) is 10.5. The van der Waals surface area contributed by atoms with E-state index in [1.165, 1.54) is 0 Å². The standard InChI is InChI=1S/C16H20N2O4/c1-2-9-17-14(19)10-3-5-11(6-4-10)18-15(20)12-7-8-13(12)16(21)22/h3-6,12-13H,2,7-9H2,1H3,(H,17,19)(H,18,20)(H,21,22). The molecule has 0 heterocycles. The molecule has 1 saturated carbocycles. The van der Waals surface area contributed by atoms with Gasteiger partial charge in [-0.15, -0.1) is 0 Å². The Balaban J connectivity index is 1.92. The van der Waals surface area contributed by atoms with E-state index in [0.717, 1.165) is 6.42 Å². The highest BCUT2D eigenvalue weighted by molar-refractivity contribution is 5.97. The molecule has 0 aliphatic heterocycles. The second-order valence-electron chi connectivity index (χ2n) is 5.45. The zero-order chi connectivity index (χ0) is 16.1. The topological polar surface area (TPSA) is 95.5 Å². The Morgan fingerprint density at radius 2 is 1.77 bits per heavy atom. The Hall–Kier alpha value is -2.37. The third-order valence-electron chi connectivity index (χ3n) is 3.88. The van der Waals surface area contributed by atoms with E-state index in [1.54, 1.807) is 24.3 Å². The lowest BCUT2D eigenvalue weighted by Crippen LogP contribution is -2.41. The van der Waals surface area contributed by atoms with Crippen LogP contribution in [0.25, 0.3) is 0 Å². The maximum absolute atomic E-state index is 12.0. The van der Waals surface area contributed by atoms with Gasteiger partial charge in [0.25, 0.3) is 5.91 Å². The highest BCUT2D eigenvalue weighted by Gasteiger charge is 2.41. The molecule has 0 bridgehead atoms. The number of benzene rings is 1. The number of hydrogen-bond donors (Lipinski definition) is 3. The molecular formula is C16H20N2O4. The number of rotatable bonds is 6. The monoisotopic (exact) mass is 304 g/mol. The summed E-state index contributed by atoms with van der Waals surface area (Å²) in [5, 5.41) is 14.4. The van der Waals surface area contributed by atoms with Crippen molar-refractivity contribution in [3.8, 4) is 0 Å². The van der Waals surface area contributed by atoms with E-state index >= 15 is 0 Å². The molecule has 3 N–H and O–H groups in total. The minimum atomic E-state index is -0.922. The van der Waals surface area contributed by atoms with Crippen LogP contribution in [0.5, 0.6) is 0 Å². The Morgan fingerprint density at radius 3 is 2.27 bits per heavy atom. The smallest absolute Gasteiger partial charge is 0.307 e. The fourth-order valence-corrected chi connectivity index (χ4v) is 2.39. The molecule has 6 heteroatoms. The summed E-state index contributed by atoms with van der Waals surface area (Å²) in [5.74, 6) is -2.40. The second kappa shape index (κ2) is 7.06. The highest BCUT2D eigenvalue weighted by Crippen LogP contribution is 2.35. The summed E-state index contributed by atoms with van der Waals surface area (Å²) in [7, 11) is 0. The third-order valence-corrected chi connectivity index (χ3v) is 3.88. The van der Waals surface area contributed by atoms with Crippen LogP contribution in [0.4, 0.5) is 5.69 Å². The van der Waals surface area contributed by atoms with Crippen molar-refractivity contribution in [1.82, 2.24) is 5.32 Å². The average molecular weight is 304 g/mol. The van der Waals surface area contributed by atoms with Gasteiger partial charge in [-0.05, 0) is 43.5 Å². The van der Waals surface area contributed by atoms with Crippen molar-refractivity contribution in [2.24, 2.45) is 11.8 Å². The van der Waals surface area contributed by atoms with Crippen LogP contribution in [0.2, 0.25) is 0 Å². The Labute approximate surface area is 128 Å². The highest BCUT2D eigenvalue weighted by atomic mass is 16.4. The fraction of sp³-hybridized carbons (Fsp3) is 0.438. The van der Waals surface area contributed by atoms with E-state index in [2.05, 4.69) is 10.6 Å². The first-order valence-electron chi connectivity index (χ1n) is 7.45. The minimum absolute atomic E-state index is 0.148. The van der Waals surface area contributed by atoms with Gasteiger partial charge in [-0.3, -0.25) is 14.4 Å². The molecule has 0 aromatic heterocycles. The molecule has 1 aromatic carbocycles. The molecule has 118 valence electrons. The van der Waals surface area contributed by atoms with Crippen molar-refractivity contribution in [3.05, 3.63) is 29.8 Å². The third kappa shape index (κ3) is 3.63. The normalized spacial score (nSPS) is 19.9. The van der Waals surface area contributed by atoms with Gasteiger partial charge >= 0.3 is 5.97 Å². The predicted molar refractivity (Wildman–Crippen MR) is 81.5 cm³/mol. The van der Waals surface area contributed by atoms with Crippen molar-refractivity contribution in [2.45, 2.75) is 26.2 Å². The van der Waals surface area contributed by atoms with Crippen LogP contribution in [-0.4, -0.2) is 29.4 Å². The molecule has 2 rings (SSSR count). The van der Waals surface area contributed by atoms with Crippen molar-refractivity contribution in [3.63, 3.8) is 0 Å². The molecule has 1 aliphatic carbocycles. The first kappa shape index (κ1) is 16.0. The number of carboxylic acid groups (broad SMARTS) is 1. The van der Waals surface area contributed by atoms with Gasteiger partial charge in [0, 0.05) is 17.8 Å². The number of amides is 2. The average Bonchev–Trinajstić information content (AvgIpc) is 2.43. The zero-order valence-electron chi connectivity index (χ0n) is 12.5. The van der Waals surface area contributed by atoms with Crippen LogP contribution >= 0.6 is 0 Å². The summed E-state index contributed by atoms with van der Waals surface area (Å²) in [6.45, 7) is 2.60. The van der Waals surface area contributed by atoms with Crippen molar-refractivity contribution in [2.75, 3.05) is 11.9 Å². The van der Waals surface area contributed by atoms with Crippen molar-refractivity contribution >= 4 is 23.5 Å². The molecule has 1 fully saturated rings. The Kier molecular flexibility index (Phi) is 5.14. The molecule has 22 heavy (non-hydrogen) atoms. The summed E-state index contributed by atoms with van der Waals surface area (Å²) in [4.78, 5) is 34.7. The summed E-state index contributed by atoms with van der Waals surface area (Å²) in [6.07, 6.45) is 2.01. The molecule has 0 spiro atoms. The van der Waals surface area contributed by atoms with Crippen LogP contribution < -0.4 is 10.6 Å². The van der Waals surface area contributed by atoms with Crippen molar-refractivity contribution in [1.29, 1.82) is 0 Å². The predicted octanol–water partition coefficient (Wildman–Crippen LogP) is 1.88. The van der Waals surface area contributed by atoms with Gasteiger partial charge in [-0.2, -0.15) is 0 Å². The largest absolute Gasteiger partial charge is 0.481 e. The van der Waals surface area contributed by atoms with Crippen LogP contribution in [-0.2, 0) is 9.59 Å². The quantitative estimate of drug-likeness (QED) is 0.747. The number of carboxylic acids is 1. The van der Waals surface area contributed by atoms with Gasteiger partial charge in [0.2, 0.25) is 5.91 Å². The molecule has 0 radical (unpaired) electrons. The number of carbonyl (C=O) groups excluding carboxylic acids is 2. The van der Waals surface area contributed by atoms with E-state index in [4.69, 9.17) is 5.11 Å². The molecule has 0 saturated heterocycles. The molecular weight excluding hydrogens is 284 g/mol. The molecule has 1 aliphatic rings. The van der Waals surface area contributed by atoms with Gasteiger partial charge in [0.1, 0.15) is 0 Å². The lowest BCUT2D eigenvalue weighted by molar-refractivity contribution is -0.151. The second-order valence-corrected chi connectivity index (χ2v) is 5.45. The lowest BCUT2D eigenvalue weighted by atomic mass is 9.73. The van der Waals surface area contributed by atoms with E-state index in [1.807, 2.05) is 6.92 Å². The molecule has 6 nitrogen and oxygen atoms in total. The van der Waals surface area contributed by atoms with Gasteiger partial charge in [0.05, 0.1) is 11.8 Å². The number of nitrogens with one attached hydrogen (secondary N) is 2. The van der Waals surface area contributed by atoms with Gasteiger partial charge in [-0.25, -0.2) is 0 Å². The summed E-state index contributed by atoms with van der Waals surface area (Å²) < 4.78 is 0. The van der Waals surface area contributed by atoms with Gasteiger partial charge < -0.3 is 15.7 Å². The summed E-state index contributed by atoms with van der Waals surface area (Å²) in [6, 6.07) is 6.56. The SMILES string of the molecule is CCCNC(=O)c1ccc(NC(=O)C2CCC2C(=O)O)cc1. The maximum Gasteiger partial charge on any atom is 0.307 e. The van der Waals surface area contributed by atoms with E-state index in [9.17, 15) is 14.4 Å². The minimum Gasteiger partial charge on any atom is -0.481 e. The zero-order valence-corrected chi connectivity index (χ0v) is 12.5. The summed E-state index contributed by atoms with van der Waals surface area (Å²) >= 11 is 0. The fourth-order valence-electron chi connectivity index (χ4n) is 2.39. The van der Waals surface area contributed by atoms with Crippen LogP contribution in [0.1, 0.15) is 36.5 Å². The van der Waals surface area contributed by atoms with Gasteiger partial charge in [0.15, 0.2) is 0 Å². The van der Waals surface area contributed by atoms with Gasteiger partial charge in [-0.1, -0.05) is 6.92 Å². The molecule has 2 unspecified atom stereocenters. The Bertz CT molecular complexity index is 568. The van der Waals surface area contributed by atoms with E-state index < -0.39 is 17.8 Å². The Morgan fingerprint density at radius 1 is 1.14 bits per heavy atom. The molecule has 1 aromatic rings. The number of hydrogen-bond acceptors (Lipinski definition) is 3. The summed E-state index contributed by atoms with van der Waals surface area (Å²) in [5.41, 5.74) is 1.09. The maximum atomic E-state index is 12.0. The van der Waals surface area contributed by atoms with E-state index in [-0.39, 0.29) is 11.8 Å².